The molecule has 0 atom stereocenters. The summed E-state index contributed by atoms with van der Waals surface area (Å²) in [6, 6.07) is 15.2. The van der Waals surface area contributed by atoms with Crippen LogP contribution < -0.4 is 11.1 Å². The van der Waals surface area contributed by atoms with Gasteiger partial charge in [0.05, 0.1) is 10.2 Å². The Hall–Kier alpha value is -2.64. The van der Waals surface area contributed by atoms with Crippen LogP contribution in [0.5, 0.6) is 0 Å². The van der Waals surface area contributed by atoms with E-state index in [1.807, 2.05) is 36.4 Å². The molecule has 4 rings (SSSR count). The lowest BCUT2D eigenvalue weighted by atomic mass is 10.3. The van der Waals surface area contributed by atoms with Crippen molar-refractivity contribution in [1.29, 1.82) is 0 Å². The molecule has 0 saturated carbocycles. The lowest BCUT2D eigenvalue weighted by Gasteiger charge is -2.00. The van der Waals surface area contributed by atoms with Crippen molar-refractivity contribution in [1.82, 2.24) is 19.7 Å². The maximum absolute atomic E-state index is 5.97. The number of para-hydroxylation sites is 1. The van der Waals surface area contributed by atoms with Gasteiger partial charge in [0.25, 0.3) is 0 Å². The smallest absolute Gasteiger partial charge is 0.248 e. The molecule has 4 aromatic rings. The topological polar surface area (TPSA) is 81.6 Å². The van der Waals surface area contributed by atoms with Gasteiger partial charge in [0.2, 0.25) is 17.0 Å². The summed E-state index contributed by atoms with van der Waals surface area (Å²) in [5.41, 5.74) is 7.71. The summed E-state index contributed by atoms with van der Waals surface area (Å²) in [6.07, 6.45) is 0. The van der Waals surface area contributed by atoms with Gasteiger partial charge in [0, 0.05) is 10.7 Å². The van der Waals surface area contributed by atoms with Gasteiger partial charge in [-0.15, -0.1) is 5.10 Å². The van der Waals surface area contributed by atoms with Crippen molar-refractivity contribution in [2.75, 3.05) is 11.1 Å². The SMILES string of the molecule is Nc1nc(Nc2ccc(Cl)cc2)nn1-c1nc2ccccc2s1. The van der Waals surface area contributed by atoms with Gasteiger partial charge in [-0.05, 0) is 36.4 Å². The fraction of sp³-hybridized carbons (Fsp3) is 0. The highest BCUT2D eigenvalue weighted by molar-refractivity contribution is 7.20. The van der Waals surface area contributed by atoms with E-state index in [9.17, 15) is 0 Å². The second-order valence-corrected chi connectivity index (χ2v) is 6.25. The maximum atomic E-state index is 5.97. The van der Waals surface area contributed by atoms with Crippen molar-refractivity contribution in [2.24, 2.45) is 0 Å². The van der Waals surface area contributed by atoms with Crippen LogP contribution in [0, 0.1) is 0 Å². The van der Waals surface area contributed by atoms with Crippen LogP contribution in [0.4, 0.5) is 17.6 Å². The van der Waals surface area contributed by atoms with E-state index >= 15 is 0 Å². The summed E-state index contributed by atoms with van der Waals surface area (Å²) in [7, 11) is 0. The first-order valence-electron chi connectivity index (χ1n) is 6.80. The molecule has 2 aromatic carbocycles. The van der Waals surface area contributed by atoms with E-state index in [-0.39, 0.29) is 5.95 Å². The van der Waals surface area contributed by atoms with Crippen LogP contribution in [0.15, 0.2) is 48.5 Å². The van der Waals surface area contributed by atoms with Crippen molar-refractivity contribution >= 4 is 50.7 Å². The molecule has 2 heterocycles. The van der Waals surface area contributed by atoms with Crippen molar-refractivity contribution < 1.29 is 0 Å². The summed E-state index contributed by atoms with van der Waals surface area (Å²) in [5.74, 6) is 0.685. The van der Waals surface area contributed by atoms with E-state index in [0.717, 1.165) is 15.9 Å². The number of nitrogens with two attached hydrogens (primary N) is 1. The third-order valence-corrected chi connectivity index (χ3v) is 4.46. The van der Waals surface area contributed by atoms with E-state index in [2.05, 4.69) is 20.4 Å². The van der Waals surface area contributed by atoms with Crippen LogP contribution in [-0.4, -0.2) is 19.7 Å². The molecule has 0 amide bonds. The zero-order valence-corrected chi connectivity index (χ0v) is 13.3. The largest absolute Gasteiger partial charge is 0.368 e. The molecule has 0 aliphatic rings. The highest BCUT2D eigenvalue weighted by atomic mass is 35.5. The fourth-order valence-corrected chi connectivity index (χ4v) is 3.18. The van der Waals surface area contributed by atoms with E-state index in [4.69, 9.17) is 17.3 Å². The number of halogens is 1. The minimum atomic E-state index is 0.278. The van der Waals surface area contributed by atoms with Gasteiger partial charge >= 0.3 is 0 Å². The van der Waals surface area contributed by atoms with Crippen LogP contribution in [0.25, 0.3) is 15.3 Å². The van der Waals surface area contributed by atoms with Crippen LogP contribution in [0.2, 0.25) is 5.02 Å². The number of rotatable bonds is 3. The average Bonchev–Trinajstić information content (AvgIpc) is 3.12. The summed E-state index contributed by atoms with van der Waals surface area (Å²) in [6.45, 7) is 0. The van der Waals surface area contributed by atoms with Gasteiger partial charge in [0.1, 0.15) is 0 Å². The predicted molar refractivity (Wildman–Crippen MR) is 93.7 cm³/mol. The first kappa shape index (κ1) is 14.0. The molecular formula is C15H11ClN6S. The molecule has 8 heteroatoms. The van der Waals surface area contributed by atoms with Crippen molar-refractivity contribution in [3.8, 4) is 5.13 Å². The summed E-state index contributed by atoms with van der Waals surface area (Å²) >= 11 is 7.38. The van der Waals surface area contributed by atoms with Gasteiger partial charge < -0.3 is 11.1 Å². The Kier molecular flexibility index (Phi) is 3.36. The van der Waals surface area contributed by atoms with Crippen LogP contribution >= 0.6 is 22.9 Å². The Morgan fingerprint density at radius 2 is 1.83 bits per heavy atom. The normalized spacial score (nSPS) is 11.0. The van der Waals surface area contributed by atoms with Gasteiger partial charge in [-0.1, -0.05) is 35.1 Å². The monoisotopic (exact) mass is 342 g/mol. The first-order valence-corrected chi connectivity index (χ1v) is 7.99. The Morgan fingerprint density at radius 1 is 1.04 bits per heavy atom. The van der Waals surface area contributed by atoms with Crippen molar-refractivity contribution in [3.63, 3.8) is 0 Å². The quantitative estimate of drug-likeness (QED) is 0.591. The molecule has 3 N–H and O–H groups in total. The van der Waals surface area contributed by atoms with Gasteiger partial charge in [-0.3, -0.25) is 0 Å². The zero-order chi connectivity index (χ0) is 15.8. The Morgan fingerprint density at radius 3 is 2.61 bits per heavy atom. The Bertz CT molecular complexity index is 942. The van der Waals surface area contributed by atoms with Crippen LogP contribution in [-0.2, 0) is 0 Å². The van der Waals surface area contributed by atoms with Crippen LogP contribution in [0.3, 0.4) is 0 Å². The maximum Gasteiger partial charge on any atom is 0.248 e. The van der Waals surface area contributed by atoms with E-state index in [0.29, 0.717) is 16.1 Å². The number of hydrogen-bond donors (Lipinski definition) is 2. The number of hydrogen-bond acceptors (Lipinski definition) is 6. The molecule has 2 aromatic heterocycles. The highest BCUT2D eigenvalue weighted by Crippen LogP contribution is 2.26. The van der Waals surface area contributed by atoms with Crippen molar-refractivity contribution in [2.45, 2.75) is 0 Å². The number of thiazole rings is 1. The fourth-order valence-electron chi connectivity index (χ4n) is 2.13. The molecule has 0 unspecified atom stereocenters. The minimum absolute atomic E-state index is 0.278. The first-order chi connectivity index (χ1) is 11.2. The van der Waals surface area contributed by atoms with Gasteiger partial charge in [-0.2, -0.15) is 9.67 Å². The minimum Gasteiger partial charge on any atom is -0.368 e. The molecule has 0 aliphatic carbocycles. The number of nitrogen functional groups attached to an aromatic ring is 1. The lowest BCUT2D eigenvalue weighted by Crippen LogP contribution is -2.01. The van der Waals surface area contributed by atoms with Crippen LogP contribution in [0.1, 0.15) is 0 Å². The summed E-state index contributed by atoms with van der Waals surface area (Å²) in [4.78, 5) is 8.76. The third kappa shape index (κ3) is 2.71. The molecule has 0 fully saturated rings. The number of nitrogens with zero attached hydrogens (tertiary/aromatic N) is 4. The van der Waals surface area contributed by atoms with Gasteiger partial charge in [0.15, 0.2) is 0 Å². The number of benzene rings is 2. The lowest BCUT2D eigenvalue weighted by molar-refractivity contribution is 0.886. The Labute approximate surface area is 140 Å². The number of fused-ring (bicyclic) bond motifs is 1. The zero-order valence-electron chi connectivity index (χ0n) is 11.8. The van der Waals surface area contributed by atoms with E-state index < -0.39 is 0 Å². The summed E-state index contributed by atoms with van der Waals surface area (Å²) < 4.78 is 2.60. The Balaban J connectivity index is 1.67. The molecule has 0 aliphatic heterocycles. The molecule has 0 spiro atoms. The average molecular weight is 343 g/mol. The van der Waals surface area contributed by atoms with E-state index in [1.165, 1.54) is 16.0 Å². The van der Waals surface area contributed by atoms with Crippen molar-refractivity contribution in [3.05, 3.63) is 53.6 Å². The standard InChI is InChI=1S/C15H11ClN6S/c16-9-5-7-10(8-6-9)18-14-20-13(17)22(21-14)15-19-11-3-1-2-4-12(11)23-15/h1-8H,(H3,17,18,20,21). The molecular weight excluding hydrogens is 332 g/mol. The molecule has 6 nitrogen and oxygen atoms in total. The summed E-state index contributed by atoms with van der Waals surface area (Å²) in [5, 5.41) is 8.82. The molecule has 114 valence electrons. The molecule has 0 radical (unpaired) electrons. The number of aromatic nitrogens is 4. The second-order valence-electron chi connectivity index (χ2n) is 4.80. The third-order valence-electron chi connectivity index (χ3n) is 3.20. The predicted octanol–water partition coefficient (Wildman–Crippen LogP) is 3.86. The molecule has 0 bridgehead atoms. The molecule has 23 heavy (non-hydrogen) atoms. The van der Waals surface area contributed by atoms with Gasteiger partial charge in [-0.25, -0.2) is 4.98 Å². The number of nitrogens with one attached hydrogen (secondary N) is 1. The molecule has 0 saturated heterocycles. The van der Waals surface area contributed by atoms with E-state index in [1.54, 1.807) is 12.1 Å². The second kappa shape index (κ2) is 5.53. The number of anilines is 3. The highest BCUT2D eigenvalue weighted by Gasteiger charge is 2.13.